The number of hydrogen-bond donors (Lipinski definition) is 1. The third-order valence-corrected chi connectivity index (χ3v) is 2.18. The summed E-state index contributed by atoms with van der Waals surface area (Å²) < 4.78 is 10.9. The van der Waals surface area contributed by atoms with Crippen molar-refractivity contribution >= 4 is 5.82 Å². The predicted octanol–water partition coefficient (Wildman–Crippen LogP) is 2.16. The lowest BCUT2D eigenvalue weighted by Gasteiger charge is -2.17. The highest BCUT2D eigenvalue weighted by atomic mass is 16.5. The van der Waals surface area contributed by atoms with Crippen molar-refractivity contribution < 1.29 is 9.47 Å². The lowest BCUT2D eigenvalue weighted by Crippen LogP contribution is -2.18. The van der Waals surface area contributed by atoms with Gasteiger partial charge in [0.25, 0.3) is 0 Å². The summed E-state index contributed by atoms with van der Waals surface area (Å²) in [5.74, 6) is 1.61. The van der Waals surface area contributed by atoms with Gasteiger partial charge >= 0.3 is 0 Å². The molecule has 0 aliphatic rings. The first-order chi connectivity index (χ1) is 8.29. The average Bonchev–Trinajstić information content (AvgIpc) is 2.22. The minimum Gasteiger partial charge on any atom is -0.475 e. The van der Waals surface area contributed by atoms with Crippen molar-refractivity contribution in [2.24, 2.45) is 0 Å². The zero-order chi connectivity index (χ0) is 13.8. The molecule has 0 atom stereocenters. The summed E-state index contributed by atoms with van der Waals surface area (Å²) in [6.07, 6.45) is 0.203. The molecule has 0 aliphatic heterocycles. The Labute approximate surface area is 109 Å². The SMILES string of the molecule is CC(C)OCCOc1cc(N)nc(C(C)(C)C)n1. The van der Waals surface area contributed by atoms with E-state index >= 15 is 0 Å². The summed E-state index contributed by atoms with van der Waals surface area (Å²) >= 11 is 0. The molecule has 0 saturated carbocycles. The summed E-state index contributed by atoms with van der Waals surface area (Å²) in [6.45, 7) is 11.1. The second-order valence-corrected chi connectivity index (χ2v) is 5.47. The standard InChI is InChI=1S/C13H23N3O2/c1-9(2)17-6-7-18-11-8-10(14)15-12(16-11)13(3,4)5/h8-9H,6-7H2,1-5H3,(H2,14,15,16). The van der Waals surface area contributed by atoms with E-state index in [-0.39, 0.29) is 11.5 Å². The Morgan fingerprint density at radius 1 is 1.22 bits per heavy atom. The van der Waals surface area contributed by atoms with E-state index in [0.29, 0.717) is 30.7 Å². The van der Waals surface area contributed by atoms with Crippen molar-refractivity contribution in [3.8, 4) is 5.88 Å². The number of aromatic nitrogens is 2. The van der Waals surface area contributed by atoms with Crippen LogP contribution in [0.15, 0.2) is 6.07 Å². The molecule has 1 aromatic heterocycles. The number of hydrogen-bond acceptors (Lipinski definition) is 5. The van der Waals surface area contributed by atoms with Crippen LogP contribution in [0.5, 0.6) is 5.88 Å². The lowest BCUT2D eigenvalue weighted by atomic mass is 9.96. The number of nitrogen functional groups attached to an aromatic ring is 1. The summed E-state index contributed by atoms with van der Waals surface area (Å²) in [5.41, 5.74) is 5.60. The molecule has 0 aromatic carbocycles. The van der Waals surface area contributed by atoms with Crippen molar-refractivity contribution in [2.45, 2.75) is 46.1 Å². The minimum atomic E-state index is -0.151. The molecule has 0 bridgehead atoms. The molecule has 0 saturated heterocycles. The van der Waals surface area contributed by atoms with Crippen molar-refractivity contribution in [2.75, 3.05) is 18.9 Å². The molecule has 0 spiro atoms. The van der Waals surface area contributed by atoms with Crippen LogP contribution in [0, 0.1) is 0 Å². The molecule has 0 radical (unpaired) electrons. The van der Waals surface area contributed by atoms with Gasteiger partial charge in [0, 0.05) is 11.5 Å². The molecule has 0 aliphatic carbocycles. The summed E-state index contributed by atoms with van der Waals surface area (Å²) in [7, 11) is 0. The zero-order valence-corrected chi connectivity index (χ0v) is 11.9. The van der Waals surface area contributed by atoms with E-state index in [2.05, 4.69) is 9.97 Å². The fourth-order valence-corrected chi connectivity index (χ4v) is 1.28. The van der Waals surface area contributed by atoms with E-state index in [1.165, 1.54) is 0 Å². The average molecular weight is 253 g/mol. The van der Waals surface area contributed by atoms with Gasteiger partial charge in [-0.15, -0.1) is 0 Å². The van der Waals surface area contributed by atoms with Gasteiger partial charge in [-0.25, -0.2) is 4.98 Å². The molecule has 0 amide bonds. The second kappa shape index (κ2) is 6.00. The van der Waals surface area contributed by atoms with Gasteiger partial charge in [0.15, 0.2) is 0 Å². The Morgan fingerprint density at radius 2 is 1.89 bits per heavy atom. The van der Waals surface area contributed by atoms with Gasteiger partial charge in [-0.1, -0.05) is 20.8 Å². The smallest absolute Gasteiger partial charge is 0.218 e. The molecule has 102 valence electrons. The topological polar surface area (TPSA) is 70.3 Å². The van der Waals surface area contributed by atoms with Gasteiger partial charge in [0.05, 0.1) is 12.7 Å². The van der Waals surface area contributed by atoms with E-state index in [4.69, 9.17) is 15.2 Å². The Hall–Kier alpha value is -1.36. The minimum absolute atomic E-state index is 0.151. The number of rotatable bonds is 5. The highest BCUT2D eigenvalue weighted by molar-refractivity contribution is 5.34. The Bertz CT molecular complexity index is 386. The van der Waals surface area contributed by atoms with Crippen molar-refractivity contribution in [3.63, 3.8) is 0 Å². The van der Waals surface area contributed by atoms with Gasteiger partial charge in [-0.3, -0.25) is 0 Å². The quantitative estimate of drug-likeness (QED) is 0.814. The van der Waals surface area contributed by atoms with Crippen molar-refractivity contribution in [1.82, 2.24) is 9.97 Å². The second-order valence-electron chi connectivity index (χ2n) is 5.47. The van der Waals surface area contributed by atoms with Gasteiger partial charge in [0.1, 0.15) is 18.2 Å². The molecule has 1 heterocycles. The predicted molar refractivity (Wildman–Crippen MR) is 71.7 cm³/mol. The van der Waals surface area contributed by atoms with Crippen LogP contribution in [0.2, 0.25) is 0 Å². The molecule has 5 nitrogen and oxygen atoms in total. The number of nitrogens with two attached hydrogens (primary N) is 1. The third-order valence-electron chi connectivity index (χ3n) is 2.18. The van der Waals surface area contributed by atoms with E-state index in [0.717, 1.165) is 0 Å². The first-order valence-corrected chi connectivity index (χ1v) is 6.18. The number of ether oxygens (including phenoxy) is 2. The van der Waals surface area contributed by atoms with Crippen LogP contribution < -0.4 is 10.5 Å². The van der Waals surface area contributed by atoms with Crippen LogP contribution in [0.1, 0.15) is 40.4 Å². The van der Waals surface area contributed by atoms with Crippen LogP contribution in [0.4, 0.5) is 5.82 Å². The lowest BCUT2D eigenvalue weighted by molar-refractivity contribution is 0.0541. The first-order valence-electron chi connectivity index (χ1n) is 6.18. The van der Waals surface area contributed by atoms with Gasteiger partial charge < -0.3 is 15.2 Å². The van der Waals surface area contributed by atoms with Crippen LogP contribution in [-0.4, -0.2) is 29.3 Å². The Balaban J connectivity index is 2.63. The molecule has 1 rings (SSSR count). The fourth-order valence-electron chi connectivity index (χ4n) is 1.28. The Morgan fingerprint density at radius 3 is 2.44 bits per heavy atom. The summed E-state index contributed by atoms with van der Waals surface area (Å²) in [5, 5.41) is 0. The zero-order valence-electron chi connectivity index (χ0n) is 11.9. The van der Waals surface area contributed by atoms with Crippen molar-refractivity contribution in [3.05, 3.63) is 11.9 Å². The molecule has 2 N–H and O–H groups in total. The van der Waals surface area contributed by atoms with E-state index in [1.807, 2.05) is 34.6 Å². The maximum absolute atomic E-state index is 5.75. The molecule has 0 unspecified atom stereocenters. The maximum Gasteiger partial charge on any atom is 0.218 e. The maximum atomic E-state index is 5.75. The van der Waals surface area contributed by atoms with Gasteiger partial charge in [0.2, 0.25) is 5.88 Å². The van der Waals surface area contributed by atoms with E-state index in [1.54, 1.807) is 6.07 Å². The van der Waals surface area contributed by atoms with Gasteiger partial charge in [-0.05, 0) is 13.8 Å². The van der Waals surface area contributed by atoms with E-state index < -0.39 is 0 Å². The third kappa shape index (κ3) is 4.87. The fraction of sp³-hybridized carbons (Fsp3) is 0.692. The molecule has 1 aromatic rings. The molecule has 5 heteroatoms. The highest BCUT2D eigenvalue weighted by Gasteiger charge is 2.19. The van der Waals surface area contributed by atoms with Crippen molar-refractivity contribution in [1.29, 1.82) is 0 Å². The molecular formula is C13H23N3O2. The molecule has 18 heavy (non-hydrogen) atoms. The van der Waals surface area contributed by atoms with Gasteiger partial charge in [-0.2, -0.15) is 4.98 Å². The van der Waals surface area contributed by atoms with Crippen LogP contribution in [0.25, 0.3) is 0 Å². The monoisotopic (exact) mass is 253 g/mol. The summed E-state index contributed by atoms with van der Waals surface area (Å²) in [6, 6.07) is 1.63. The number of anilines is 1. The number of nitrogens with zero attached hydrogens (tertiary/aromatic N) is 2. The normalized spacial score (nSPS) is 11.9. The first kappa shape index (κ1) is 14.7. The Kier molecular flexibility index (Phi) is 4.90. The van der Waals surface area contributed by atoms with Crippen LogP contribution >= 0.6 is 0 Å². The molecular weight excluding hydrogens is 230 g/mol. The molecule has 0 fully saturated rings. The van der Waals surface area contributed by atoms with Crippen LogP contribution in [0.3, 0.4) is 0 Å². The van der Waals surface area contributed by atoms with Crippen LogP contribution in [-0.2, 0) is 10.2 Å². The van der Waals surface area contributed by atoms with E-state index in [9.17, 15) is 0 Å². The highest BCUT2D eigenvalue weighted by Crippen LogP contribution is 2.22. The largest absolute Gasteiger partial charge is 0.475 e. The summed E-state index contributed by atoms with van der Waals surface area (Å²) in [4.78, 5) is 8.57.